The Morgan fingerprint density at radius 1 is 1.63 bits per heavy atom. The van der Waals surface area contributed by atoms with Gasteiger partial charge in [0.25, 0.3) is 0 Å². The quantitative estimate of drug-likeness (QED) is 0.696. The van der Waals surface area contributed by atoms with Crippen LogP contribution in [-0.2, 0) is 9.84 Å². The number of aliphatic hydroxyl groups excluding tert-OH is 1. The van der Waals surface area contributed by atoms with Crippen molar-refractivity contribution < 1.29 is 18.3 Å². The van der Waals surface area contributed by atoms with Gasteiger partial charge in [-0.3, -0.25) is 0 Å². The summed E-state index contributed by atoms with van der Waals surface area (Å²) in [6.07, 6.45) is 2.21. The number of nitrogens with one attached hydrogen (secondary N) is 1. The predicted octanol–water partition coefficient (Wildman–Crippen LogP) is -0.555. The van der Waals surface area contributed by atoms with Crippen molar-refractivity contribution in [2.45, 2.75) is 24.2 Å². The highest BCUT2D eigenvalue weighted by atomic mass is 32.2. The van der Waals surface area contributed by atoms with Gasteiger partial charge in [-0.2, -0.15) is 4.37 Å². The van der Waals surface area contributed by atoms with Gasteiger partial charge < -0.3 is 15.2 Å². The van der Waals surface area contributed by atoms with Crippen molar-refractivity contribution in [2.24, 2.45) is 0 Å². The van der Waals surface area contributed by atoms with E-state index in [0.717, 1.165) is 18.1 Å². The third kappa shape index (κ3) is 4.37. The van der Waals surface area contributed by atoms with Crippen LogP contribution in [0.25, 0.3) is 0 Å². The second kappa shape index (κ2) is 6.60. The zero-order chi connectivity index (χ0) is 13.7. The molecule has 7 nitrogen and oxygen atoms in total. The van der Waals surface area contributed by atoms with Crippen LogP contribution in [0.1, 0.15) is 12.8 Å². The SMILES string of the molecule is O=S1(=O)CCCC1CNCC(O)COc1cnsn1. The summed E-state index contributed by atoms with van der Waals surface area (Å²) in [7, 11) is -2.93. The number of ether oxygens (including phenoxy) is 1. The van der Waals surface area contributed by atoms with E-state index >= 15 is 0 Å². The summed E-state index contributed by atoms with van der Waals surface area (Å²) >= 11 is 1.04. The van der Waals surface area contributed by atoms with Crippen LogP contribution >= 0.6 is 11.7 Å². The maximum atomic E-state index is 11.6. The van der Waals surface area contributed by atoms with Crippen molar-refractivity contribution in [1.29, 1.82) is 0 Å². The molecule has 0 amide bonds. The van der Waals surface area contributed by atoms with E-state index in [1.165, 1.54) is 6.20 Å². The van der Waals surface area contributed by atoms with Crippen LogP contribution in [0.3, 0.4) is 0 Å². The number of aromatic nitrogens is 2. The molecule has 2 unspecified atom stereocenters. The van der Waals surface area contributed by atoms with Crippen molar-refractivity contribution in [1.82, 2.24) is 14.1 Å². The Bertz CT molecular complexity index is 477. The summed E-state index contributed by atoms with van der Waals surface area (Å²) in [5, 5.41) is 12.3. The van der Waals surface area contributed by atoms with Gasteiger partial charge in [0.15, 0.2) is 9.84 Å². The Balaban J connectivity index is 1.62. The Hall–Kier alpha value is -0.770. The fraction of sp³-hybridized carbons (Fsp3) is 0.800. The molecule has 1 saturated heterocycles. The highest BCUT2D eigenvalue weighted by Crippen LogP contribution is 2.18. The smallest absolute Gasteiger partial charge is 0.245 e. The standard InChI is InChI=1S/C10H17N3O4S2/c14-8(7-17-10-6-12-18-13-10)4-11-5-9-2-1-3-19(9,15)16/h6,8-9,11,14H,1-5,7H2. The lowest BCUT2D eigenvalue weighted by atomic mass is 10.2. The Morgan fingerprint density at radius 2 is 2.47 bits per heavy atom. The molecule has 19 heavy (non-hydrogen) atoms. The van der Waals surface area contributed by atoms with Crippen molar-refractivity contribution in [2.75, 3.05) is 25.4 Å². The third-order valence-electron chi connectivity index (χ3n) is 2.98. The predicted molar refractivity (Wildman–Crippen MR) is 71.1 cm³/mol. The molecule has 2 rings (SSSR count). The fourth-order valence-electron chi connectivity index (χ4n) is 1.96. The van der Waals surface area contributed by atoms with Gasteiger partial charge >= 0.3 is 0 Å². The van der Waals surface area contributed by atoms with Crippen LogP contribution in [-0.4, -0.2) is 59.1 Å². The maximum absolute atomic E-state index is 11.6. The van der Waals surface area contributed by atoms with E-state index in [9.17, 15) is 13.5 Å². The second-order valence-corrected chi connectivity index (χ2v) is 7.46. The second-order valence-electron chi connectivity index (χ2n) is 4.50. The summed E-state index contributed by atoms with van der Waals surface area (Å²) in [6.45, 7) is 0.789. The summed E-state index contributed by atoms with van der Waals surface area (Å²) < 4.78 is 36.0. The molecular formula is C10H17N3O4S2. The summed E-state index contributed by atoms with van der Waals surface area (Å²) in [6, 6.07) is 0. The lowest BCUT2D eigenvalue weighted by molar-refractivity contribution is 0.104. The first-order valence-electron chi connectivity index (χ1n) is 6.08. The molecule has 0 radical (unpaired) electrons. The Labute approximate surface area is 116 Å². The number of sulfone groups is 1. The zero-order valence-corrected chi connectivity index (χ0v) is 12.0. The molecule has 2 N–H and O–H groups in total. The summed E-state index contributed by atoms with van der Waals surface area (Å²) in [5.41, 5.74) is 0. The molecular weight excluding hydrogens is 290 g/mol. The van der Waals surface area contributed by atoms with Crippen LogP contribution in [0.2, 0.25) is 0 Å². The highest BCUT2D eigenvalue weighted by Gasteiger charge is 2.30. The molecule has 1 fully saturated rings. The van der Waals surface area contributed by atoms with E-state index in [4.69, 9.17) is 4.74 Å². The van der Waals surface area contributed by atoms with E-state index in [1.54, 1.807) is 0 Å². The van der Waals surface area contributed by atoms with Crippen LogP contribution in [0.5, 0.6) is 5.88 Å². The first-order chi connectivity index (χ1) is 9.08. The topological polar surface area (TPSA) is 101 Å². The Kier molecular flexibility index (Phi) is 5.08. The van der Waals surface area contributed by atoms with Gasteiger partial charge in [-0.15, -0.1) is 4.37 Å². The molecule has 0 aromatic carbocycles. The molecule has 1 aliphatic rings. The van der Waals surface area contributed by atoms with Crippen LogP contribution in [0, 0.1) is 0 Å². The van der Waals surface area contributed by atoms with Gasteiger partial charge in [0.05, 0.1) is 22.7 Å². The van der Waals surface area contributed by atoms with Crippen molar-refractivity contribution in [3.05, 3.63) is 6.20 Å². The highest BCUT2D eigenvalue weighted by molar-refractivity contribution is 7.92. The normalized spacial score (nSPS) is 23.3. The van der Waals surface area contributed by atoms with E-state index < -0.39 is 15.9 Å². The molecule has 1 aromatic heterocycles. The molecule has 0 spiro atoms. The average Bonchev–Trinajstić information content (AvgIpc) is 2.97. The van der Waals surface area contributed by atoms with Crippen molar-refractivity contribution >= 4 is 21.6 Å². The lowest BCUT2D eigenvalue weighted by Gasteiger charge is -2.14. The number of nitrogens with zero attached hydrogens (tertiary/aromatic N) is 2. The molecule has 2 heterocycles. The zero-order valence-electron chi connectivity index (χ0n) is 10.4. The van der Waals surface area contributed by atoms with Gasteiger partial charge in [0.2, 0.25) is 5.88 Å². The van der Waals surface area contributed by atoms with Gasteiger partial charge in [-0.25, -0.2) is 8.42 Å². The van der Waals surface area contributed by atoms with Crippen LogP contribution in [0.15, 0.2) is 6.20 Å². The molecule has 0 saturated carbocycles. The third-order valence-corrected chi connectivity index (χ3v) is 5.72. The van der Waals surface area contributed by atoms with Crippen molar-refractivity contribution in [3.8, 4) is 5.88 Å². The number of aliphatic hydroxyl groups is 1. The van der Waals surface area contributed by atoms with E-state index in [1.807, 2.05) is 0 Å². The van der Waals surface area contributed by atoms with Crippen LogP contribution in [0.4, 0.5) is 0 Å². The van der Waals surface area contributed by atoms with Crippen molar-refractivity contribution in [3.63, 3.8) is 0 Å². The molecule has 1 aromatic rings. The fourth-order valence-corrected chi connectivity index (χ4v) is 4.12. The van der Waals surface area contributed by atoms with Gasteiger partial charge in [0.1, 0.15) is 18.9 Å². The Morgan fingerprint density at radius 3 is 3.11 bits per heavy atom. The van der Waals surface area contributed by atoms with Gasteiger partial charge in [-0.05, 0) is 12.8 Å². The molecule has 9 heteroatoms. The van der Waals surface area contributed by atoms with Crippen LogP contribution < -0.4 is 10.1 Å². The average molecular weight is 307 g/mol. The summed E-state index contributed by atoms with van der Waals surface area (Å²) in [5.74, 6) is 0.671. The van der Waals surface area contributed by atoms with Gasteiger partial charge in [-0.1, -0.05) is 0 Å². The molecule has 108 valence electrons. The van der Waals surface area contributed by atoms with Gasteiger partial charge in [0, 0.05) is 13.1 Å². The molecule has 0 aliphatic carbocycles. The first kappa shape index (κ1) is 14.6. The number of hydrogen-bond acceptors (Lipinski definition) is 8. The maximum Gasteiger partial charge on any atom is 0.245 e. The number of rotatable bonds is 7. The lowest BCUT2D eigenvalue weighted by Crippen LogP contribution is -2.37. The molecule has 1 aliphatic heterocycles. The molecule has 0 bridgehead atoms. The monoisotopic (exact) mass is 307 g/mol. The number of hydrogen-bond donors (Lipinski definition) is 2. The minimum absolute atomic E-state index is 0.107. The first-order valence-corrected chi connectivity index (χ1v) is 8.53. The molecule has 2 atom stereocenters. The van der Waals surface area contributed by atoms with E-state index in [-0.39, 0.29) is 17.6 Å². The van der Waals surface area contributed by atoms with E-state index in [0.29, 0.717) is 25.4 Å². The largest absolute Gasteiger partial charge is 0.473 e. The minimum Gasteiger partial charge on any atom is -0.473 e. The summed E-state index contributed by atoms with van der Waals surface area (Å²) in [4.78, 5) is 0. The van der Waals surface area contributed by atoms with E-state index in [2.05, 4.69) is 14.1 Å². The minimum atomic E-state index is -2.93.